The number of hydrogen-bond acceptors (Lipinski definition) is 5. The van der Waals surface area contributed by atoms with E-state index in [0.29, 0.717) is 11.3 Å². The van der Waals surface area contributed by atoms with E-state index in [1.54, 1.807) is 31.2 Å². The smallest absolute Gasteiger partial charge is 0.262 e. The van der Waals surface area contributed by atoms with Crippen LogP contribution in [-0.2, 0) is 20.0 Å². The molecule has 0 aromatic heterocycles. The maximum Gasteiger partial charge on any atom is 0.262 e. The molecule has 0 atom stereocenters. The van der Waals surface area contributed by atoms with Gasteiger partial charge >= 0.3 is 0 Å². The molecule has 0 aliphatic carbocycles. The molecule has 1 amide bonds. The second kappa shape index (κ2) is 8.50. The van der Waals surface area contributed by atoms with Crippen molar-refractivity contribution in [3.8, 4) is 0 Å². The largest absolute Gasteiger partial charge is 0.322 e. The number of primary sulfonamides is 1. The number of rotatable bonds is 6. The number of carbonyl (C=O) groups excluding carboxylic acids is 1. The molecule has 0 saturated carbocycles. The van der Waals surface area contributed by atoms with Crippen LogP contribution in [0.5, 0.6) is 0 Å². The molecule has 0 unspecified atom stereocenters. The highest BCUT2D eigenvalue weighted by Gasteiger charge is 2.20. The summed E-state index contributed by atoms with van der Waals surface area (Å²) in [6.45, 7) is 3.52. The Labute approximate surface area is 181 Å². The zero-order chi connectivity index (χ0) is 22.8. The van der Waals surface area contributed by atoms with Gasteiger partial charge in [-0.1, -0.05) is 29.8 Å². The average molecular weight is 460 g/mol. The Kier molecular flexibility index (Phi) is 6.16. The molecular weight excluding hydrogens is 438 g/mol. The summed E-state index contributed by atoms with van der Waals surface area (Å²) in [4.78, 5) is 12.5. The van der Waals surface area contributed by atoms with E-state index in [1.807, 2.05) is 6.92 Å². The molecular formula is C21H21N3O5S2. The molecule has 0 bridgehead atoms. The van der Waals surface area contributed by atoms with E-state index in [0.717, 1.165) is 5.56 Å². The van der Waals surface area contributed by atoms with Crippen LogP contribution in [-0.4, -0.2) is 22.7 Å². The van der Waals surface area contributed by atoms with Crippen LogP contribution in [0.2, 0.25) is 0 Å². The number of aryl methyl sites for hydroxylation is 2. The number of nitrogens with two attached hydrogens (primary N) is 1. The molecule has 0 aliphatic heterocycles. The van der Waals surface area contributed by atoms with Crippen molar-refractivity contribution in [2.45, 2.75) is 23.6 Å². The summed E-state index contributed by atoms with van der Waals surface area (Å²) in [5, 5.41) is 7.66. The second-order valence-corrected chi connectivity index (χ2v) is 10.2. The van der Waals surface area contributed by atoms with Gasteiger partial charge in [0.1, 0.15) is 0 Å². The third-order valence-corrected chi connectivity index (χ3v) is 6.90. The van der Waals surface area contributed by atoms with Crippen molar-refractivity contribution in [2.24, 2.45) is 5.14 Å². The summed E-state index contributed by atoms with van der Waals surface area (Å²) < 4.78 is 51.2. The van der Waals surface area contributed by atoms with Crippen molar-refractivity contribution >= 4 is 37.3 Å². The predicted octanol–water partition coefficient (Wildman–Crippen LogP) is 3.00. The van der Waals surface area contributed by atoms with Gasteiger partial charge in [0, 0.05) is 16.9 Å². The van der Waals surface area contributed by atoms with E-state index >= 15 is 0 Å². The van der Waals surface area contributed by atoms with E-state index < -0.39 is 26.0 Å². The number of nitrogens with one attached hydrogen (secondary N) is 2. The summed E-state index contributed by atoms with van der Waals surface area (Å²) in [6, 6.07) is 16.6. The normalized spacial score (nSPS) is 11.7. The van der Waals surface area contributed by atoms with Crippen LogP contribution in [0.3, 0.4) is 0 Å². The Morgan fingerprint density at radius 2 is 1.52 bits per heavy atom. The number of sulfonamides is 2. The first-order chi connectivity index (χ1) is 14.5. The molecule has 31 heavy (non-hydrogen) atoms. The minimum Gasteiger partial charge on any atom is -0.322 e. The zero-order valence-electron chi connectivity index (χ0n) is 16.8. The molecule has 3 rings (SSSR count). The van der Waals surface area contributed by atoms with Crippen LogP contribution in [0.25, 0.3) is 0 Å². The van der Waals surface area contributed by atoms with Crippen LogP contribution < -0.4 is 15.2 Å². The summed E-state index contributed by atoms with van der Waals surface area (Å²) in [5.74, 6) is -0.599. The number of anilines is 2. The van der Waals surface area contributed by atoms with Crippen LogP contribution in [0, 0.1) is 13.8 Å². The second-order valence-electron chi connectivity index (χ2n) is 6.98. The minimum absolute atomic E-state index is 0.0426. The summed E-state index contributed by atoms with van der Waals surface area (Å²) >= 11 is 0. The Morgan fingerprint density at radius 1 is 0.839 bits per heavy atom. The lowest BCUT2D eigenvalue weighted by molar-refractivity contribution is 0.102. The third-order valence-electron chi connectivity index (χ3n) is 4.46. The number of amides is 1. The van der Waals surface area contributed by atoms with Gasteiger partial charge in [0.25, 0.3) is 15.9 Å². The summed E-state index contributed by atoms with van der Waals surface area (Å²) in [5.41, 5.74) is 2.16. The van der Waals surface area contributed by atoms with Gasteiger partial charge in [-0.25, -0.2) is 22.0 Å². The molecule has 8 nitrogen and oxygen atoms in total. The molecule has 0 aliphatic rings. The fourth-order valence-electron chi connectivity index (χ4n) is 2.82. The number of benzene rings is 3. The quantitative estimate of drug-likeness (QED) is 0.521. The average Bonchev–Trinajstić information content (AvgIpc) is 2.69. The van der Waals surface area contributed by atoms with Crippen molar-refractivity contribution in [3.05, 3.63) is 83.4 Å². The first-order valence-electron chi connectivity index (χ1n) is 9.10. The van der Waals surface area contributed by atoms with Crippen molar-refractivity contribution in [3.63, 3.8) is 0 Å². The maximum atomic E-state index is 12.9. The molecule has 162 valence electrons. The van der Waals surface area contributed by atoms with Crippen LogP contribution in [0.1, 0.15) is 21.5 Å². The Hall–Kier alpha value is -3.21. The Morgan fingerprint density at radius 3 is 2.16 bits per heavy atom. The van der Waals surface area contributed by atoms with Gasteiger partial charge in [0.15, 0.2) is 0 Å². The van der Waals surface area contributed by atoms with Crippen LogP contribution in [0.4, 0.5) is 11.4 Å². The van der Waals surface area contributed by atoms with E-state index in [4.69, 9.17) is 5.14 Å². The van der Waals surface area contributed by atoms with Crippen molar-refractivity contribution in [1.82, 2.24) is 0 Å². The van der Waals surface area contributed by atoms with Crippen LogP contribution in [0.15, 0.2) is 76.5 Å². The Balaban J connectivity index is 1.88. The lowest BCUT2D eigenvalue weighted by atomic mass is 10.1. The van der Waals surface area contributed by atoms with Gasteiger partial charge in [-0.05, 0) is 61.9 Å². The van der Waals surface area contributed by atoms with Crippen molar-refractivity contribution in [2.75, 3.05) is 10.0 Å². The van der Waals surface area contributed by atoms with Gasteiger partial charge in [-0.15, -0.1) is 0 Å². The highest BCUT2D eigenvalue weighted by molar-refractivity contribution is 7.92. The lowest BCUT2D eigenvalue weighted by Gasteiger charge is -2.13. The SMILES string of the molecule is Cc1ccc(NS(=O)(=O)c2cc(C(=O)Nc3cccc(S(N)(=O)=O)c3)ccc2C)cc1. The zero-order valence-corrected chi connectivity index (χ0v) is 18.4. The number of carbonyl (C=O) groups is 1. The summed E-state index contributed by atoms with van der Waals surface area (Å²) in [7, 11) is -7.87. The van der Waals surface area contributed by atoms with Gasteiger partial charge in [-0.2, -0.15) is 0 Å². The Bertz CT molecular complexity index is 1350. The highest BCUT2D eigenvalue weighted by atomic mass is 32.2. The fourth-order valence-corrected chi connectivity index (χ4v) is 4.71. The van der Waals surface area contributed by atoms with E-state index in [2.05, 4.69) is 10.0 Å². The maximum absolute atomic E-state index is 12.9. The van der Waals surface area contributed by atoms with Gasteiger partial charge in [0.2, 0.25) is 10.0 Å². The van der Waals surface area contributed by atoms with Gasteiger partial charge in [-0.3, -0.25) is 9.52 Å². The topological polar surface area (TPSA) is 135 Å². The molecule has 0 radical (unpaired) electrons. The monoisotopic (exact) mass is 459 g/mol. The van der Waals surface area contributed by atoms with Crippen LogP contribution >= 0.6 is 0 Å². The molecule has 0 heterocycles. The lowest BCUT2D eigenvalue weighted by Crippen LogP contribution is -2.17. The predicted molar refractivity (Wildman–Crippen MR) is 119 cm³/mol. The molecule has 4 N–H and O–H groups in total. The first-order valence-corrected chi connectivity index (χ1v) is 12.1. The van der Waals surface area contributed by atoms with Gasteiger partial charge in [0.05, 0.1) is 9.79 Å². The van der Waals surface area contributed by atoms with Crippen molar-refractivity contribution in [1.29, 1.82) is 0 Å². The highest BCUT2D eigenvalue weighted by Crippen LogP contribution is 2.22. The fraction of sp³-hybridized carbons (Fsp3) is 0.0952. The standard InChI is InChI=1S/C21H21N3O5S2/c1-14-6-10-17(11-7-14)24-31(28,29)20-12-16(9-8-15(20)2)21(25)23-18-4-3-5-19(13-18)30(22,26)27/h3-13,24H,1-2H3,(H,23,25)(H2,22,26,27). The molecule has 3 aromatic carbocycles. The molecule has 0 saturated heterocycles. The molecule has 0 spiro atoms. The van der Waals surface area contributed by atoms with E-state index in [1.165, 1.54) is 42.5 Å². The molecule has 3 aromatic rings. The minimum atomic E-state index is -3.94. The van der Waals surface area contributed by atoms with Crippen molar-refractivity contribution < 1.29 is 21.6 Å². The first kappa shape index (κ1) is 22.5. The molecule has 10 heteroatoms. The van der Waals surface area contributed by atoms with E-state index in [-0.39, 0.29) is 21.0 Å². The van der Waals surface area contributed by atoms with Gasteiger partial charge < -0.3 is 5.32 Å². The van der Waals surface area contributed by atoms with E-state index in [9.17, 15) is 21.6 Å². The number of hydrogen-bond donors (Lipinski definition) is 3. The third kappa shape index (κ3) is 5.48. The molecule has 0 fully saturated rings. The summed E-state index contributed by atoms with van der Waals surface area (Å²) in [6.07, 6.45) is 0.